The molecule has 3 aromatic rings. The third-order valence-corrected chi connectivity index (χ3v) is 8.84. The first-order valence-electron chi connectivity index (χ1n) is 8.87. The van der Waals surface area contributed by atoms with Gasteiger partial charge in [-0.1, -0.05) is 53.0 Å². The Labute approximate surface area is 187 Å². The fourth-order valence-corrected chi connectivity index (χ4v) is 7.08. The summed E-state index contributed by atoms with van der Waals surface area (Å²) in [6.45, 7) is 0.279. The molecule has 2 heterocycles. The van der Waals surface area contributed by atoms with Crippen LogP contribution in [0.5, 0.6) is 0 Å². The van der Waals surface area contributed by atoms with Crippen LogP contribution < -0.4 is 0 Å². The molecule has 1 amide bonds. The topological polar surface area (TPSA) is 54.5 Å². The zero-order valence-corrected chi connectivity index (χ0v) is 19.0. The first kappa shape index (κ1) is 20.9. The van der Waals surface area contributed by atoms with Crippen LogP contribution in [-0.2, 0) is 16.4 Å². The summed E-state index contributed by atoms with van der Waals surface area (Å²) in [6, 6.07) is 12.1. The Hall–Kier alpha value is -1.31. The molecule has 0 spiro atoms. The van der Waals surface area contributed by atoms with E-state index in [1.54, 1.807) is 35.2 Å². The van der Waals surface area contributed by atoms with Crippen LogP contribution in [0.25, 0.3) is 10.1 Å². The number of rotatable bonds is 4. The molecular weight excluding hydrogens is 473 g/mol. The largest absolute Gasteiger partial charge is 0.330 e. The van der Waals surface area contributed by atoms with E-state index in [1.807, 2.05) is 12.1 Å². The maximum absolute atomic E-state index is 13.5. The number of thiophene rings is 1. The summed E-state index contributed by atoms with van der Waals surface area (Å²) in [4.78, 5) is 15.5. The Balaban J connectivity index is 1.73. The monoisotopic (exact) mass is 487 g/mol. The van der Waals surface area contributed by atoms with Crippen LogP contribution >= 0.6 is 46.1 Å². The van der Waals surface area contributed by atoms with Crippen LogP contribution in [0, 0.1) is 0 Å². The van der Waals surface area contributed by atoms with Crippen molar-refractivity contribution in [3.05, 3.63) is 68.0 Å². The van der Waals surface area contributed by atoms with Crippen molar-refractivity contribution in [2.75, 3.05) is 11.5 Å². The predicted molar refractivity (Wildman–Crippen MR) is 120 cm³/mol. The number of benzene rings is 2. The van der Waals surface area contributed by atoms with Gasteiger partial charge in [-0.15, -0.1) is 11.3 Å². The minimum Gasteiger partial charge on any atom is -0.330 e. The van der Waals surface area contributed by atoms with Gasteiger partial charge >= 0.3 is 0 Å². The second kappa shape index (κ2) is 8.08. The Morgan fingerprint density at radius 2 is 1.76 bits per heavy atom. The van der Waals surface area contributed by atoms with Gasteiger partial charge in [0, 0.05) is 32.7 Å². The number of carbonyl (C=O) groups excluding carboxylic acids is 1. The lowest BCUT2D eigenvalue weighted by molar-refractivity contribution is 0.0686. The standard InChI is InChI=1S/C20H16Cl3NO3S2/c21-13-3-1-12(2-4-13)10-24(15-7-8-29(26,27)11-15)20(25)19-18(23)16-6-5-14(22)9-17(16)28-19/h1-6,9,15H,7-8,10-11H2. The van der Waals surface area contributed by atoms with E-state index in [9.17, 15) is 13.2 Å². The molecule has 1 fully saturated rings. The highest BCUT2D eigenvalue weighted by Gasteiger charge is 2.36. The van der Waals surface area contributed by atoms with Gasteiger partial charge < -0.3 is 4.90 Å². The van der Waals surface area contributed by atoms with Gasteiger partial charge in [0.25, 0.3) is 5.91 Å². The lowest BCUT2D eigenvalue weighted by Gasteiger charge is -2.28. The Kier molecular flexibility index (Phi) is 5.84. The molecule has 1 atom stereocenters. The molecule has 1 saturated heterocycles. The third kappa shape index (κ3) is 4.42. The van der Waals surface area contributed by atoms with E-state index >= 15 is 0 Å². The molecule has 0 bridgehead atoms. The minimum absolute atomic E-state index is 0.0410. The summed E-state index contributed by atoms with van der Waals surface area (Å²) in [5.74, 6) is -0.234. The van der Waals surface area contributed by atoms with E-state index in [2.05, 4.69) is 0 Å². The molecule has 9 heteroatoms. The van der Waals surface area contributed by atoms with Gasteiger partial charge in [-0.2, -0.15) is 0 Å². The maximum Gasteiger partial charge on any atom is 0.266 e. The van der Waals surface area contributed by atoms with Crippen molar-refractivity contribution in [1.82, 2.24) is 4.90 Å². The molecule has 0 saturated carbocycles. The van der Waals surface area contributed by atoms with Gasteiger partial charge in [-0.05, 0) is 36.2 Å². The lowest BCUT2D eigenvalue weighted by atomic mass is 10.1. The molecule has 0 N–H and O–H groups in total. The van der Waals surface area contributed by atoms with Gasteiger partial charge in [0.15, 0.2) is 9.84 Å². The van der Waals surface area contributed by atoms with E-state index in [4.69, 9.17) is 34.8 Å². The van der Waals surface area contributed by atoms with Crippen LogP contribution in [-0.4, -0.2) is 36.8 Å². The SMILES string of the molecule is O=C(c1sc2cc(Cl)ccc2c1Cl)N(Cc1ccc(Cl)cc1)C1CCS(=O)(=O)C1. The predicted octanol–water partition coefficient (Wildman–Crippen LogP) is 5.69. The van der Waals surface area contributed by atoms with Crippen molar-refractivity contribution in [2.24, 2.45) is 0 Å². The van der Waals surface area contributed by atoms with Crippen LogP contribution in [0.2, 0.25) is 15.1 Å². The zero-order valence-electron chi connectivity index (χ0n) is 15.1. The number of amides is 1. The highest BCUT2D eigenvalue weighted by atomic mass is 35.5. The number of fused-ring (bicyclic) bond motifs is 1. The van der Waals surface area contributed by atoms with E-state index in [0.29, 0.717) is 26.4 Å². The van der Waals surface area contributed by atoms with E-state index in [1.165, 1.54) is 11.3 Å². The van der Waals surface area contributed by atoms with Crippen molar-refractivity contribution in [1.29, 1.82) is 0 Å². The highest BCUT2D eigenvalue weighted by molar-refractivity contribution is 7.91. The van der Waals surface area contributed by atoms with Crippen LogP contribution in [0.4, 0.5) is 0 Å². The molecule has 2 aromatic carbocycles. The summed E-state index contributed by atoms with van der Waals surface area (Å²) in [6.07, 6.45) is 0.413. The molecule has 1 aliphatic rings. The fourth-order valence-electron chi connectivity index (χ4n) is 3.48. The fraction of sp³-hybridized carbons (Fsp3) is 0.250. The molecule has 152 valence electrons. The molecule has 1 unspecified atom stereocenters. The van der Waals surface area contributed by atoms with Gasteiger partial charge in [0.2, 0.25) is 0 Å². The summed E-state index contributed by atoms with van der Waals surface area (Å²) < 4.78 is 24.9. The molecule has 29 heavy (non-hydrogen) atoms. The highest BCUT2D eigenvalue weighted by Crippen LogP contribution is 2.38. The van der Waals surface area contributed by atoms with Gasteiger partial charge in [-0.25, -0.2) is 8.42 Å². The molecule has 1 aliphatic heterocycles. The van der Waals surface area contributed by atoms with Crippen molar-refractivity contribution in [3.8, 4) is 0 Å². The Morgan fingerprint density at radius 3 is 2.41 bits per heavy atom. The maximum atomic E-state index is 13.5. The molecular formula is C20H16Cl3NO3S2. The summed E-state index contributed by atoms with van der Waals surface area (Å²) in [5, 5.41) is 2.29. The van der Waals surface area contributed by atoms with Crippen LogP contribution in [0.3, 0.4) is 0 Å². The van der Waals surface area contributed by atoms with Crippen molar-refractivity contribution in [2.45, 2.75) is 19.0 Å². The van der Waals surface area contributed by atoms with Gasteiger partial charge in [0.1, 0.15) is 4.88 Å². The van der Waals surface area contributed by atoms with Crippen LogP contribution in [0.1, 0.15) is 21.7 Å². The molecule has 4 nitrogen and oxygen atoms in total. The smallest absolute Gasteiger partial charge is 0.266 e. The number of carbonyl (C=O) groups is 1. The average Bonchev–Trinajstić information content (AvgIpc) is 3.19. The Morgan fingerprint density at radius 1 is 1.07 bits per heavy atom. The Bertz CT molecular complexity index is 1190. The molecule has 0 radical (unpaired) electrons. The summed E-state index contributed by atoms with van der Waals surface area (Å²) >= 11 is 19.8. The number of sulfone groups is 1. The van der Waals surface area contributed by atoms with Crippen molar-refractivity contribution >= 4 is 72.0 Å². The molecule has 4 rings (SSSR count). The quantitative estimate of drug-likeness (QED) is 0.474. The van der Waals surface area contributed by atoms with Gasteiger partial charge in [0.05, 0.1) is 16.5 Å². The van der Waals surface area contributed by atoms with E-state index in [0.717, 1.165) is 15.6 Å². The normalized spacial score (nSPS) is 18.2. The minimum atomic E-state index is -3.16. The number of hydrogen-bond donors (Lipinski definition) is 0. The summed E-state index contributed by atoms with van der Waals surface area (Å²) in [5.41, 5.74) is 0.868. The van der Waals surface area contributed by atoms with Crippen LogP contribution in [0.15, 0.2) is 42.5 Å². The van der Waals surface area contributed by atoms with E-state index in [-0.39, 0.29) is 24.0 Å². The second-order valence-electron chi connectivity index (χ2n) is 7.00. The lowest BCUT2D eigenvalue weighted by Crippen LogP contribution is -2.40. The van der Waals surface area contributed by atoms with Crippen molar-refractivity contribution < 1.29 is 13.2 Å². The molecule has 0 aliphatic carbocycles. The third-order valence-electron chi connectivity index (χ3n) is 4.96. The zero-order chi connectivity index (χ0) is 20.8. The number of nitrogens with zero attached hydrogens (tertiary/aromatic N) is 1. The first-order valence-corrected chi connectivity index (χ1v) is 12.6. The number of hydrogen-bond acceptors (Lipinski definition) is 4. The summed E-state index contributed by atoms with van der Waals surface area (Å²) in [7, 11) is -3.16. The first-order chi connectivity index (χ1) is 13.7. The average molecular weight is 489 g/mol. The van der Waals surface area contributed by atoms with Crippen molar-refractivity contribution in [3.63, 3.8) is 0 Å². The second-order valence-corrected chi connectivity index (χ2v) is 11.5. The van der Waals surface area contributed by atoms with E-state index < -0.39 is 15.9 Å². The number of halogens is 3. The molecule has 1 aromatic heterocycles. The van der Waals surface area contributed by atoms with Gasteiger partial charge in [-0.3, -0.25) is 4.79 Å².